The van der Waals surface area contributed by atoms with Gasteiger partial charge in [-0.3, -0.25) is 4.79 Å². The Kier molecular flexibility index (Phi) is 8.25. The summed E-state index contributed by atoms with van der Waals surface area (Å²) in [5.74, 6) is -0.476. The van der Waals surface area contributed by atoms with E-state index in [9.17, 15) is 13.2 Å². The fourth-order valence-corrected chi connectivity index (χ4v) is 4.48. The molecule has 1 saturated carbocycles. The van der Waals surface area contributed by atoms with E-state index in [4.69, 9.17) is 5.11 Å². The number of rotatable bonds is 10. The van der Waals surface area contributed by atoms with Crippen LogP contribution in [0.1, 0.15) is 56.1 Å². The molecule has 1 aliphatic carbocycles. The molecule has 0 aromatic heterocycles. The summed E-state index contributed by atoms with van der Waals surface area (Å²) in [6.45, 7) is 1.99. The maximum Gasteiger partial charge on any atom is 0.303 e. The van der Waals surface area contributed by atoms with Crippen molar-refractivity contribution in [3.63, 3.8) is 0 Å². The van der Waals surface area contributed by atoms with Gasteiger partial charge in [-0.15, -0.1) is 0 Å². The Morgan fingerprint density at radius 2 is 1.96 bits per heavy atom. The Balaban J connectivity index is 1.84. The van der Waals surface area contributed by atoms with Crippen molar-refractivity contribution in [3.8, 4) is 0 Å². The molecule has 27 heavy (non-hydrogen) atoms. The molecule has 0 saturated heterocycles. The summed E-state index contributed by atoms with van der Waals surface area (Å²) in [4.78, 5) is 10.5. The summed E-state index contributed by atoms with van der Waals surface area (Å²) in [7, 11) is -3.47. The van der Waals surface area contributed by atoms with Crippen LogP contribution in [0.15, 0.2) is 41.8 Å². The number of allylic oxidation sites excluding steroid dienone is 2. The number of aliphatic carboxylic acids is 1. The first-order chi connectivity index (χ1) is 12.9. The molecule has 1 aromatic rings. The lowest BCUT2D eigenvalue weighted by Gasteiger charge is -2.18. The highest BCUT2D eigenvalue weighted by molar-refractivity contribution is 7.92. The van der Waals surface area contributed by atoms with Gasteiger partial charge >= 0.3 is 5.97 Å². The average Bonchev–Trinajstić information content (AvgIpc) is 3.03. The number of nitrogens with one attached hydrogen (secondary N) is 1. The van der Waals surface area contributed by atoms with E-state index >= 15 is 0 Å². The Bertz CT molecular complexity index is 766. The zero-order valence-electron chi connectivity index (χ0n) is 15.8. The van der Waals surface area contributed by atoms with Crippen LogP contribution < -0.4 is 4.72 Å². The summed E-state index contributed by atoms with van der Waals surface area (Å²) in [6, 6.07) is 7.66. The smallest absolute Gasteiger partial charge is 0.303 e. The molecule has 2 atom stereocenters. The highest BCUT2D eigenvalue weighted by atomic mass is 32.2. The Morgan fingerprint density at radius 3 is 2.67 bits per heavy atom. The average molecular weight is 392 g/mol. The Labute approximate surface area is 162 Å². The second-order valence-electron chi connectivity index (χ2n) is 7.17. The quantitative estimate of drug-likeness (QED) is 0.461. The third-order valence-corrected chi connectivity index (χ3v) is 5.98. The largest absolute Gasteiger partial charge is 0.481 e. The number of carboxylic acid groups (broad SMARTS) is 1. The van der Waals surface area contributed by atoms with Crippen LogP contribution in [-0.2, 0) is 14.8 Å². The molecule has 2 N–H and O–H groups in total. The van der Waals surface area contributed by atoms with Gasteiger partial charge in [0.05, 0.1) is 0 Å². The first-order valence-corrected chi connectivity index (χ1v) is 11.0. The molecular formula is C21H29NO4S. The van der Waals surface area contributed by atoms with Crippen molar-refractivity contribution in [2.45, 2.75) is 57.9 Å². The molecule has 0 amide bonds. The molecule has 0 aliphatic heterocycles. The van der Waals surface area contributed by atoms with Crippen LogP contribution in [-0.4, -0.2) is 25.5 Å². The fourth-order valence-electron chi connectivity index (χ4n) is 3.33. The molecule has 5 nitrogen and oxygen atoms in total. The molecule has 0 spiro atoms. The van der Waals surface area contributed by atoms with E-state index < -0.39 is 16.0 Å². The summed E-state index contributed by atoms with van der Waals surface area (Å²) in [6.07, 6.45) is 11.0. The van der Waals surface area contributed by atoms with Crippen molar-refractivity contribution in [1.29, 1.82) is 0 Å². The van der Waals surface area contributed by atoms with Crippen LogP contribution >= 0.6 is 0 Å². The van der Waals surface area contributed by atoms with E-state index in [-0.39, 0.29) is 12.5 Å². The maximum absolute atomic E-state index is 12.4. The molecular weight excluding hydrogens is 362 g/mol. The van der Waals surface area contributed by atoms with Crippen LogP contribution in [0.25, 0.3) is 6.08 Å². The van der Waals surface area contributed by atoms with E-state index in [1.807, 2.05) is 37.3 Å². The molecule has 0 bridgehead atoms. The predicted molar refractivity (Wildman–Crippen MR) is 109 cm³/mol. The molecule has 0 heterocycles. The molecule has 0 radical (unpaired) electrons. The topological polar surface area (TPSA) is 83.5 Å². The molecule has 2 rings (SSSR count). The van der Waals surface area contributed by atoms with E-state index in [2.05, 4.69) is 10.8 Å². The minimum Gasteiger partial charge on any atom is -0.481 e. The lowest BCUT2D eigenvalue weighted by Crippen LogP contribution is -2.36. The van der Waals surface area contributed by atoms with E-state index in [1.54, 1.807) is 6.08 Å². The molecule has 148 valence electrons. The van der Waals surface area contributed by atoms with Crippen molar-refractivity contribution in [3.05, 3.63) is 53.0 Å². The van der Waals surface area contributed by atoms with Gasteiger partial charge in [0.1, 0.15) is 0 Å². The van der Waals surface area contributed by atoms with Gasteiger partial charge in [-0.2, -0.15) is 0 Å². The summed E-state index contributed by atoms with van der Waals surface area (Å²) < 4.78 is 27.6. The van der Waals surface area contributed by atoms with Crippen LogP contribution in [0.4, 0.5) is 0 Å². The van der Waals surface area contributed by atoms with E-state index in [0.717, 1.165) is 43.2 Å². The zero-order chi connectivity index (χ0) is 19.7. The van der Waals surface area contributed by atoms with Crippen LogP contribution in [0.3, 0.4) is 0 Å². The number of benzene rings is 1. The highest BCUT2D eigenvalue weighted by Crippen LogP contribution is 2.29. The van der Waals surface area contributed by atoms with Gasteiger partial charge < -0.3 is 5.11 Å². The molecule has 6 heteroatoms. The van der Waals surface area contributed by atoms with Gasteiger partial charge in [0.25, 0.3) is 0 Å². The van der Waals surface area contributed by atoms with Crippen molar-refractivity contribution in [2.75, 3.05) is 0 Å². The number of carbonyl (C=O) groups is 1. The van der Waals surface area contributed by atoms with Crippen molar-refractivity contribution in [2.24, 2.45) is 5.92 Å². The zero-order valence-corrected chi connectivity index (χ0v) is 16.6. The SMILES string of the molecule is Cc1ccc(/C=C/S(=O)(=O)NC2CCCC2C/C=C/CCCC(=O)O)cc1. The summed E-state index contributed by atoms with van der Waals surface area (Å²) in [5.41, 5.74) is 2.00. The van der Waals surface area contributed by atoms with E-state index in [1.165, 1.54) is 5.41 Å². The highest BCUT2D eigenvalue weighted by Gasteiger charge is 2.28. The van der Waals surface area contributed by atoms with Gasteiger partial charge in [0, 0.05) is 17.9 Å². The van der Waals surface area contributed by atoms with Gasteiger partial charge in [-0.05, 0) is 56.6 Å². The minimum absolute atomic E-state index is 0.0404. The van der Waals surface area contributed by atoms with Gasteiger partial charge in [0.15, 0.2) is 0 Å². The van der Waals surface area contributed by atoms with Crippen LogP contribution in [0.5, 0.6) is 0 Å². The number of sulfonamides is 1. The van der Waals surface area contributed by atoms with Gasteiger partial charge in [-0.1, -0.05) is 48.4 Å². The number of unbranched alkanes of at least 4 members (excludes halogenated alkanes) is 1. The third kappa shape index (κ3) is 8.10. The first kappa shape index (κ1) is 21.4. The lowest BCUT2D eigenvalue weighted by molar-refractivity contribution is -0.137. The lowest BCUT2D eigenvalue weighted by atomic mass is 10.00. The molecule has 1 fully saturated rings. The normalized spacial score (nSPS) is 20.6. The van der Waals surface area contributed by atoms with Crippen LogP contribution in [0, 0.1) is 12.8 Å². The molecule has 2 unspecified atom stereocenters. The minimum atomic E-state index is -3.47. The summed E-state index contributed by atoms with van der Waals surface area (Å²) in [5, 5.41) is 9.86. The third-order valence-electron chi connectivity index (χ3n) is 4.86. The van der Waals surface area contributed by atoms with Gasteiger partial charge in [0.2, 0.25) is 10.0 Å². The standard InChI is InChI=1S/C21H29NO4S/c1-17-11-13-18(14-12-17)15-16-27(25,26)22-20-9-6-8-19(20)7-4-2-3-5-10-21(23)24/h2,4,11-16,19-20,22H,3,5-10H2,1H3,(H,23,24)/b4-2+,16-15+. The van der Waals surface area contributed by atoms with Crippen LogP contribution in [0.2, 0.25) is 0 Å². The second kappa shape index (κ2) is 10.4. The first-order valence-electron chi connectivity index (χ1n) is 9.49. The van der Waals surface area contributed by atoms with Crippen molar-refractivity contribution >= 4 is 22.1 Å². The number of aryl methyl sites for hydroxylation is 1. The fraction of sp³-hybridized carbons (Fsp3) is 0.476. The molecule has 1 aromatic carbocycles. The predicted octanol–water partition coefficient (Wildman–Crippen LogP) is 4.26. The van der Waals surface area contributed by atoms with Crippen molar-refractivity contribution < 1.29 is 18.3 Å². The Hall–Kier alpha value is -1.92. The number of hydrogen-bond acceptors (Lipinski definition) is 3. The van der Waals surface area contributed by atoms with E-state index in [0.29, 0.717) is 12.3 Å². The van der Waals surface area contributed by atoms with Gasteiger partial charge in [-0.25, -0.2) is 13.1 Å². The summed E-state index contributed by atoms with van der Waals surface area (Å²) >= 11 is 0. The second-order valence-corrected chi connectivity index (χ2v) is 8.76. The maximum atomic E-state index is 12.4. The number of carboxylic acids is 1. The number of hydrogen-bond donors (Lipinski definition) is 2. The van der Waals surface area contributed by atoms with Crippen molar-refractivity contribution in [1.82, 2.24) is 4.72 Å². The monoisotopic (exact) mass is 391 g/mol. The molecule has 1 aliphatic rings. The Morgan fingerprint density at radius 1 is 1.22 bits per heavy atom.